The number of benzene rings is 1. The molecule has 140 valence electrons. The highest BCUT2D eigenvalue weighted by atomic mass is 19.4. The van der Waals surface area contributed by atoms with Crippen molar-refractivity contribution >= 4 is 10.9 Å². The van der Waals surface area contributed by atoms with Gasteiger partial charge in [0.2, 0.25) is 0 Å². The zero-order valence-electron chi connectivity index (χ0n) is 13.8. The fourth-order valence-corrected chi connectivity index (χ4v) is 3.17. The Bertz CT molecular complexity index is 1090. The molecule has 0 aliphatic heterocycles. The van der Waals surface area contributed by atoms with Crippen LogP contribution in [-0.2, 0) is 6.18 Å². The van der Waals surface area contributed by atoms with Crippen LogP contribution in [0.1, 0.15) is 24.4 Å². The molecule has 3 aromatic heterocycles. The molecule has 0 saturated heterocycles. The Morgan fingerprint density at radius 1 is 1.07 bits per heavy atom. The molecule has 0 aliphatic carbocycles. The van der Waals surface area contributed by atoms with E-state index < -0.39 is 11.7 Å². The van der Waals surface area contributed by atoms with Crippen LogP contribution in [0.2, 0.25) is 0 Å². The van der Waals surface area contributed by atoms with Crippen LogP contribution in [0.3, 0.4) is 0 Å². The fraction of sp³-hybridized carbons (Fsp3) is 0.211. The predicted octanol–water partition coefficient (Wildman–Crippen LogP) is 5.55. The van der Waals surface area contributed by atoms with E-state index in [0.29, 0.717) is 33.5 Å². The number of hydrogen-bond donors (Lipinski definition) is 1. The van der Waals surface area contributed by atoms with Crippen LogP contribution in [0.15, 0.2) is 41.3 Å². The standard InChI is InChI=1S/C18H13F3N4O.CH4/c1-9-16(10(2)26-25-9)11-5-12-7-23-24-17(12)13(6-11)14-8-22-4-3-15(14)18(19,20)21;/h3-8H,1-2H3,(H,23,24);1H4. The number of nitrogens with one attached hydrogen (secondary N) is 1. The highest BCUT2D eigenvalue weighted by Gasteiger charge is 2.34. The Labute approximate surface area is 153 Å². The lowest BCUT2D eigenvalue weighted by molar-refractivity contribution is -0.137. The van der Waals surface area contributed by atoms with Gasteiger partial charge >= 0.3 is 6.18 Å². The number of alkyl halides is 3. The molecule has 1 aromatic carbocycles. The van der Waals surface area contributed by atoms with Crippen molar-refractivity contribution in [2.45, 2.75) is 27.5 Å². The van der Waals surface area contributed by atoms with Gasteiger partial charge in [-0.2, -0.15) is 18.3 Å². The maximum atomic E-state index is 13.5. The van der Waals surface area contributed by atoms with Gasteiger partial charge in [0.1, 0.15) is 5.76 Å². The van der Waals surface area contributed by atoms with E-state index in [0.717, 1.165) is 17.8 Å². The van der Waals surface area contributed by atoms with Gasteiger partial charge in [-0.1, -0.05) is 12.6 Å². The lowest BCUT2D eigenvalue weighted by atomic mass is 9.94. The van der Waals surface area contributed by atoms with Crippen molar-refractivity contribution in [1.82, 2.24) is 20.3 Å². The SMILES string of the molecule is C.Cc1noc(C)c1-c1cc(-c2cnccc2C(F)(F)F)c2[nH]ncc2c1. The fourth-order valence-electron chi connectivity index (χ4n) is 3.17. The summed E-state index contributed by atoms with van der Waals surface area (Å²) in [6.07, 6.45) is -0.571. The van der Waals surface area contributed by atoms with Gasteiger partial charge in [-0.3, -0.25) is 10.1 Å². The third kappa shape index (κ3) is 3.07. The van der Waals surface area contributed by atoms with Crippen molar-refractivity contribution in [3.05, 3.63) is 53.8 Å². The average molecular weight is 374 g/mol. The van der Waals surface area contributed by atoms with E-state index in [1.807, 2.05) is 6.07 Å². The summed E-state index contributed by atoms with van der Waals surface area (Å²) in [5.41, 5.74) is 2.25. The molecule has 0 atom stereocenters. The van der Waals surface area contributed by atoms with Crippen molar-refractivity contribution in [3.63, 3.8) is 0 Å². The van der Waals surface area contributed by atoms with Crippen LogP contribution in [0, 0.1) is 13.8 Å². The molecular formula is C19H17F3N4O. The second kappa shape index (κ2) is 6.53. The maximum absolute atomic E-state index is 13.5. The van der Waals surface area contributed by atoms with Crippen molar-refractivity contribution in [2.75, 3.05) is 0 Å². The number of fused-ring (bicyclic) bond motifs is 1. The number of halogens is 3. The highest BCUT2D eigenvalue weighted by molar-refractivity contribution is 5.98. The molecule has 4 aromatic rings. The smallest absolute Gasteiger partial charge is 0.361 e. The quantitative estimate of drug-likeness (QED) is 0.499. The number of nitrogens with zero attached hydrogens (tertiary/aromatic N) is 3. The van der Waals surface area contributed by atoms with Gasteiger partial charge in [-0.15, -0.1) is 0 Å². The van der Waals surface area contributed by atoms with Gasteiger partial charge in [-0.25, -0.2) is 0 Å². The molecule has 0 aliphatic rings. The van der Waals surface area contributed by atoms with E-state index in [1.165, 1.54) is 6.20 Å². The van der Waals surface area contributed by atoms with E-state index >= 15 is 0 Å². The molecule has 1 N–H and O–H groups in total. The number of aryl methyl sites for hydroxylation is 2. The molecule has 27 heavy (non-hydrogen) atoms. The highest BCUT2D eigenvalue weighted by Crippen LogP contribution is 2.41. The molecule has 0 radical (unpaired) electrons. The molecule has 3 heterocycles. The minimum Gasteiger partial charge on any atom is -0.361 e. The van der Waals surface area contributed by atoms with Crippen molar-refractivity contribution in [1.29, 1.82) is 0 Å². The first-order valence-electron chi connectivity index (χ1n) is 7.78. The summed E-state index contributed by atoms with van der Waals surface area (Å²) in [7, 11) is 0. The number of H-pyrrole nitrogens is 1. The molecule has 4 rings (SSSR count). The van der Waals surface area contributed by atoms with Crippen molar-refractivity contribution in [3.8, 4) is 22.3 Å². The summed E-state index contributed by atoms with van der Waals surface area (Å²) in [5, 5.41) is 11.4. The van der Waals surface area contributed by atoms with E-state index in [9.17, 15) is 13.2 Å². The average Bonchev–Trinajstić information content (AvgIpc) is 3.19. The van der Waals surface area contributed by atoms with Crippen LogP contribution in [0.25, 0.3) is 33.2 Å². The first-order chi connectivity index (χ1) is 12.4. The lowest BCUT2D eigenvalue weighted by Gasteiger charge is -2.14. The van der Waals surface area contributed by atoms with Gasteiger partial charge in [-0.05, 0) is 37.6 Å². The second-order valence-electron chi connectivity index (χ2n) is 5.98. The number of pyridine rings is 1. The monoisotopic (exact) mass is 374 g/mol. The zero-order chi connectivity index (χ0) is 18.5. The molecule has 0 unspecified atom stereocenters. The van der Waals surface area contributed by atoms with Crippen LogP contribution in [0.4, 0.5) is 13.2 Å². The van der Waals surface area contributed by atoms with E-state index in [2.05, 4.69) is 20.3 Å². The summed E-state index contributed by atoms with van der Waals surface area (Å²) >= 11 is 0. The zero-order valence-corrected chi connectivity index (χ0v) is 13.8. The van der Waals surface area contributed by atoms with Crippen molar-refractivity contribution < 1.29 is 17.7 Å². The normalized spacial score (nSPS) is 11.6. The molecule has 0 saturated carbocycles. The van der Waals surface area contributed by atoms with Crippen LogP contribution >= 0.6 is 0 Å². The molecule has 0 fully saturated rings. The first-order valence-corrected chi connectivity index (χ1v) is 7.78. The van der Waals surface area contributed by atoms with Crippen LogP contribution in [-0.4, -0.2) is 20.3 Å². The van der Waals surface area contributed by atoms with E-state index in [4.69, 9.17) is 4.52 Å². The Hall–Kier alpha value is -3.16. The Morgan fingerprint density at radius 3 is 2.52 bits per heavy atom. The lowest BCUT2D eigenvalue weighted by Crippen LogP contribution is -2.07. The number of rotatable bonds is 2. The number of aromatic nitrogens is 4. The summed E-state index contributed by atoms with van der Waals surface area (Å²) < 4.78 is 45.7. The third-order valence-corrected chi connectivity index (χ3v) is 4.29. The van der Waals surface area contributed by atoms with E-state index in [1.54, 1.807) is 26.1 Å². The van der Waals surface area contributed by atoms with Crippen molar-refractivity contribution in [2.24, 2.45) is 0 Å². The summed E-state index contributed by atoms with van der Waals surface area (Å²) in [4.78, 5) is 3.89. The summed E-state index contributed by atoms with van der Waals surface area (Å²) in [5.74, 6) is 0.596. The molecule has 0 amide bonds. The molecule has 8 heteroatoms. The van der Waals surface area contributed by atoms with E-state index in [-0.39, 0.29) is 13.0 Å². The van der Waals surface area contributed by atoms with Gasteiger partial charge < -0.3 is 4.52 Å². The Kier molecular flexibility index (Phi) is 4.51. The van der Waals surface area contributed by atoms with Crippen LogP contribution in [0.5, 0.6) is 0 Å². The molecule has 0 spiro atoms. The minimum atomic E-state index is -4.50. The maximum Gasteiger partial charge on any atom is 0.417 e. The Balaban J connectivity index is 0.00000210. The molecule has 5 nitrogen and oxygen atoms in total. The van der Waals surface area contributed by atoms with Gasteiger partial charge in [0.05, 0.1) is 23.0 Å². The number of aromatic amines is 1. The predicted molar refractivity (Wildman–Crippen MR) is 96.0 cm³/mol. The topological polar surface area (TPSA) is 67.6 Å². The first kappa shape index (κ1) is 18.6. The summed E-state index contributed by atoms with van der Waals surface area (Å²) in [6.45, 7) is 3.55. The van der Waals surface area contributed by atoms with Gasteiger partial charge in [0.15, 0.2) is 0 Å². The van der Waals surface area contributed by atoms with Gasteiger partial charge in [0.25, 0.3) is 0 Å². The molecule has 0 bridgehead atoms. The summed E-state index contributed by atoms with van der Waals surface area (Å²) in [6, 6.07) is 4.50. The van der Waals surface area contributed by atoms with Gasteiger partial charge in [0, 0.05) is 34.5 Å². The Morgan fingerprint density at radius 2 is 1.85 bits per heavy atom. The molecular weight excluding hydrogens is 357 g/mol. The third-order valence-electron chi connectivity index (χ3n) is 4.29. The van der Waals surface area contributed by atoms with Crippen LogP contribution < -0.4 is 0 Å². The largest absolute Gasteiger partial charge is 0.417 e. The second-order valence-corrected chi connectivity index (χ2v) is 5.98. The number of hydrogen-bond acceptors (Lipinski definition) is 4. The minimum absolute atomic E-state index is 0.